The van der Waals surface area contributed by atoms with Gasteiger partial charge in [0.05, 0.1) is 22.8 Å². The molecule has 0 saturated heterocycles. The second-order valence-electron chi connectivity index (χ2n) is 4.60. The molecule has 0 amide bonds. The fraction of sp³-hybridized carbons (Fsp3) is 0.600. The van der Waals surface area contributed by atoms with E-state index >= 15 is 0 Å². The SMILES string of the molecule is CCCNC(CCC)CS(=O)c1ccccc1OC. The molecule has 2 unspecified atom stereocenters. The molecule has 0 aliphatic carbocycles. The zero-order valence-corrected chi connectivity index (χ0v) is 13.0. The van der Waals surface area contributed by atoms with E-state index in [2.05, 4.69) is 19.2 Å². The summed E-state index contributed by atoms with van der Waals surface area (Å²) in [6.07, 6.45) is 3.26. The topological polar surface area (TPSA) is 38.3 Å². The Morgan fingerprint density at radius 1 is 1.26 bits per heavy atom. The Balaban J connectivity index is 2.69. The van der Waals surface area contributed by atoms with E-state index in [9.17, 15) is 4.21 Å². The van der Waals surface area contributed by atoms with Crippen LogP contribution in [0.5, 0.6) is 5.75 Å². The third-order valence-corrected chi connectivity index (χ3v) is 4.52. The summed E-state index contributed by atoms with van der Waals surface area (Å²) in [5.41, 5.74) is 0. The maximum atomic E-state index is 12.5. The Bertz CT molecular complexity index is 395. The Hall–Kier alpha value is -0.870. The highest BCUT2D eigenvalue weighted by Crippen LogP contribution is 2.22. The van der Waals surface area contributed by atoms with Gasteiger partial charge in [0.1, 0.15) is 5.75 Å². The predicted octanol–water partition coefficient (Wildman–Crippen LogP) is 2.97. The first-order valence-corrected chi connectivity index (χ1v) is 8.29. The van der Waals surface area contributed by atoms with Crippen LogP contribution in [0.1, 0.15) is 33.1 Å². The van der Waals surface area contributed by atoms with Crippen LogP contribution in [0.4, 0.5) is 0 Å². The van der Waals surface area contributed by atoms with Gasteiger partial charge in [0, 0.05) is 11.8 Å². The minimum absolute atomic E-state index is 0.315. The summed E-state index contributed by atoms with van der Waals surface area (Å²) < 4.78 is 17.7. The minimum atomic E-state index is -1.02. The normalized spacial score (nSPS) is 14.1. The van der Waals surface area contributed by atoms with Gasteiger partial charge in [-0.25, -0.2) is 0 Å². The zero-order valence-electron chi connectivity index (χ0n) is 12.1. The van der Waals surface area contributed by atoms with Gasteiger partial charge < -0.3 is 10.1 Å². The van der Waals surface area contributed by atoms with Crippen LogP contribution in [0, 0.1) is 0 Å². The molecule has 2 atom stereocenters. The van der Waals surface area contributed by atoms with Crippen LogP contribution in [0.25, 0.3) is 0 Å². The number of hydrogen-bond donors (Lipinski definition) is 1. The van der Waals surface area contributed by atoms with E-state index in [0.29, 0.717) is 17.5 Å². The van der Waals surface area contributed by atoms with Crippen LogP contribution in [0.15, 0.2) is 29.2 Å². The molecular formula is C15H25NO2S. The van der Waals surface area contributed by atoms with Crippen LogP contribution in [0.2, 0.25) is 0 Å². The average Bonchev–Trinajstić information content (AvgIpc) is 2.44. The zero-order chi connectivity index (χ0) is 14.1. The summed E-state index contributed by atoms with van der Waals surface area (Å²) in [4.78, 5) is 0.796. The third-order valence-electron chi connectivity index (χ3n) is 2.99. The molecule has 1 aromatic carbocycles. The van der Waals surface area contributed by atoms with E-state index in [4.69, 9.17) is 4.74 Å². The van der Waals surface area contributed by atoms with Crippen molar-refractivity contribution in [1.29, 1.82) is 0 Å². The molecule has 0 bridgehead atoms. The van der Waals surface area contributed by atoms with Crippen LogP contribution in [-0.4, -0.2) is 29.7 Å². The van der Waals surface area contributed by atoms with Gasteiger partial charge in [-0.2, -0.15) is 0 Å². The largest absolute Gasteiger partial charge is 0.495 e. The van der Waals surface area contributed by atoms with Crippen molar-refractivity contribution >= 4 is 10.8 Å². The number of hydrogen-bond acceptors (Lipinski definition) is 3. The molecule has 0 fully saturated rings. The molecule has 4 heteroatoms. The van der Waals surface area contributed by atoms with Gasteiger partial charge in [-0.3, -0.25) is 4.21 Å². The number of benzene rings is 1. The number of ether oxygens (including phenoxy) is 1. The maximum absolute atomic E-state index is 12.5. The fourth-order valence-electron chi connectivity index (χ4n) is 2.02. The molecule has 0 aliphatic rings. The molecule has 1 aromatic rings. The molecule has 0 saturated carbocycles. The van der Waals surface area contributed by atoms with Crippen LogP contribution in [0.3, 0.4) is 0 Å². The Labute approximate surface area is 119 Å². The van der Waals surface area contributed by atoms with Gasteiger partial charge in [0.25, 0.3) is 0 Å². The molecule has 0 aromatic heterocycles. The molecule has 0 spiro atoms. The second kappa shape index (κ2) is 9.10. The van der Waals surface area contributed by atoms with E-state index in [1.165, 1.54) is 0 Å². The molecule has 1 N–H and O–H groups in total. The number of nitrogens with one attached hydrogen (secondary N) is 1. The van der Waals surface area contributed by atoms with Crippen molar-refractivity contribution in [2.75, 3.05) is 19.4 Å². The van der Waals surface area contributed by atoms with Crippen molar-refractivity contribution in [3.63, 3.8) is 0 Å². The van der Waals surface area contributed by atoms with Gasteiger partial charge >= 0.3 is 0 Å². The quantitative estimate of drug-likeness (QED) is 0.757. The molecule has 19 heavy (non-hydrogen) atoms. The first kappa shape index (κ1) is 16.2. The summed E-state index contributed by atoms with van der Waals surface area (Å²) in [6, 6.07) is 7.87. The van der Waals surface area contributed by atoms with E-state index in [0.717, 1.165) is 30.7 Å². The van der Waals surface area contributed by atoms with Gasteiger partial charge in [-0.1, -0.05) is 32.4 Å². The van der Waals surface area contributed by atoms with Crippen LogP contribution in [-0.2, 0) is 10.8 Å². The maximum Gasteiger partial charge on any atom is 0.134 e. The first-order valence-electron chi connectivity index (χ1n) is 6.97. The highest BCUT2D eigenvalue weighted by Gasteiger charge is 2.15. The lowest BCUT2D eigenvalue weighted by atomic mass is 10.2. The van der Waals surface area contributed by atoms with Crippen molar-refractivity contribution in [2.45, 2.75) is 44.0 Å². The summed E-state index contributed by atoms with van der Waals surface area (Å²) in [5, 5.41) is 3.47. The van der Waals surface area contributed by atoms with Crippen molar-refractivity contribution in [3.05, 3.63) is 24.3 Å². The number of rotatable bonds is 9. The lowest BCUT2D eigenvalue weighted by Gasteiger charge is -2.18. The Morgan fingerprint density at radius 3 is 2.63 bits per heavy atom. The van der Waals surface area contributed by atoms with Crippen molar-refractivity contribution in [3.8, 4) is 5.75 Å². The van der Waals surface area contributed by atoms with Gasteiger partial charge in [-0.15, -0.1) is 0 Å². The Kier molecular flexibility index (Phi) is 7.75. The van der Waals surface area contributed by atoms with Crippen molar-refractivity contribution in [2.24, 2.45) is 0 Å². The van der Waals surface area contributed by atoms with Crippen LogP contribution >= 0.6 is 0 Å². The lowest BCUT2D eigenvalue weighted by molar-refractivity contribution is 0.404. The number of para-hydroxylation sites is 1. The van der Waals surface area contributed by atoms with E-state index < -0.39 is 10.8 Å². The van der Waals surface area contributed by atoms with E-state index in [-0.39, 0.29) is 0 Å². The number of methoxy groups -OCH3 is 1. The highest BCUT2D eigenvalue weighted by atomic mass is 32.2. The van der Waals surface area contributed by atoms with Gasteiger partial charge in [0.2, 0.25) is 0 Å². The standard InChI is InChI=1S/C15H25NO2S/c1-4-8-13(16-11-5-2)12-19(17)15-10-7-6-9-14(15)18-3/h6-7,9-10,13,16H,4-5,8,11-12H2,1-3H3. The Morgan fingerprint density at radius 2 is 2.00 bits per heavy atom. The molecule has 108 valence electrons. The first-order chi connectivity index (χ1) is 9.22. The van der Waals surface area contributed by atoms with Crippen LogP contribution < -0.4 is 10.1 Å². The monoisotopic (exact) mass is 283 g/mol. The predicted molar refractivity (Wildman–Crippen MR) is 81.3 cm³/mol. The second-order valence-corrected chi connectivity index (χ2v) is 6.07. The molecular weight excluding hydrogens is 258 g/mol. The summed E-state index contributed by atoms with van der Waals surface area (Å²) >= 11 is 0. The smallest absolute Gasteiger partial charge is 0.134 e. The van der Waals surface area contributed by atoms with Gasteiger partial charge in [0.15, 0.2) is 0 Å². The lowest BCUT2D eigenvalue weighted by Crippen LogP contribution is -2.34. The fourth-order valence-corrected chi connectivity index (χ4v) is 3.46. The molecule has 3 nitrogen and oxygen atoms in total. The van der Waals surface area contributed by atoms with Gasteiger partial charge in [-0.05, 0) is 31.5 Å². The summed E-state index contributed by atoms with van der Waals surface area (Å²) in [6.45, 7) is 5.29. The van der Waals surface area contributed by atoms with E-state index in [1.807, 2.05) is 24.3 Å². The molecule has 1 rings (SSSR count). The summed E-state index contributed by atoms with van der Waals surface area (Å²) in [7, 11) is 0.603. The average molecular weight is 283 g/mol. The summed E-state index contributed by atoms with van der Waals surface area (Å²) in [5.74, 6) is 1.36. The molecule has 0 radical (unpaired) electrons. The van der Waals surface area contributed by atoms with Crippen molar-refractivity contribution in [1.82, 2.24) is 5.32 Å². The van der Waals surface area contributed by atoms with E-state index in [1.54, 1.807) is 7.11 Å². The minimum Gasteiger partial charge on any atom is -0.495 e. The molecule has 0 heterocycles. The van der Waals surface area contributed by atoms with Crippen molar-refractivity contribution < 1.29 is 8.95 Å². The third kappa shape index (κ3) is 5.33. The highest BCUT2D eigenvalue weighted by molar-refractivity contribution is 7.85. The molecule has 0 aliphatic heterocycles.